The van der Waals surface area contributed by atoms with Crippen LogP contribution in [-0.4, -0.2) is 26.2 Å². The molecule has 1 N–H and O–H groups in total. The van der Waals surface area contributed by atoms with Crippen molar-refractivity contribution in [2.24, 2.45) is 0 Å². The topological polar surface area (TPSA) is 38.3 Å². The zero-order chi connectivity index (χ0) is 8.97. The van der Waals surface area contributed by atoms with Crippen molar-refractivity contribution in [3.8, 4) is 0 Å². The van der Waals surface area contributed by atoms with E-state index in [-0.39, 0.29) is 5.97 Å². The molecule has 0 amide bonds. The number of methoxy groups -OCH3 is 1. The fourth-order valence-corrected chi connectivity index (χ4v) is 1.40. The van der Waals surface area contributed by atoms with Gasteiger partial charge in [0.15, 0.2) is 0 Å². The second kappa shape index (κ2) is 4.26. The summed E-state index contributed by atoms with van der Waals surface area (Å²) in [6.45, 7) is 3.79. The van der Waals surface area contributed by atoms with E-state index in [1.807, 2.05) is 6.92 Å². The van der Waals surface area contributed by atoms with Gasteiger partial charge in [0.05, 0.1) is 7.11 Å². The molecule has 1 fully saturated rings. The lowest BCUT2D eigenvalue weighted by Crippen LogP contribution is -2.24. The van der Waals surface area contributed by atoms with E-state index in [1.54, 1.807) is 0 Å². The van der Waals surface area contributed by atoms with Crippen LogP contribution in [0.1, 0.15) is 19.8 Å². The molecule has 0 bridgehead atoms. The minimum absolute atomic E-state index is 0.188. The van der Waals surface area contributed by atoms with Crippen molar-refractivity contribution in [1.29, 1.82) is 0 Å². The first-order valence-corrected chi connectivity index (χ1v) is 4.23. The molecule has 68 valence electrons. The first-order chi connectivity index (χ1) is 5.75. The molecule has 1 aliphatic rings. The molecular weight excluding hydrogens is 154 g/mol. The third-order valence-corrected chi connectivity index (χ3v) is 2.23. The van der Waals surface area contributed by atoms with E-state index in [9.17, 15) is 4.79 Å². The summed E-state index contributed by atoms with van der Waals surface area (Å²) in [5.41, 5.74) is 2.03. The third kappa shape index (κ3) is 2.08. The van der Waals surface area contributed by atoms with Crippen LogP contribution in [0.4, 0.5) is 0 Å². The first kappa shape index (κ1) is 9.26. The maximum Gasteiger partial charge on any atom is 0.333 e. The Morgan fingerprint density at radius 3 is 2.50 bits per heavy atom. The Bertz CT molecular complexity index is 201. The van der Waals surface area contributed by atoms with Gasteiger partial charge < -0.3 is 10.1 Å². The Morgan fingerprint density at radius 2 is 2.00 bits per heavy atom. The van der Waals surface area contributed by atoms with Crippen molar-refractivity contribution >= 4 is 5.97 Å². The standard InChI is InChI=1S/C9H15NO2/c1-7(9(11)12-2)8-3-5-10-6-4-8/h10H,3-6H2,1-2H3. The smallest absolute Gasteiger partial charge is 0.333 e. The molecule has 0 aromatic heterocycles. The van der Waals surface area contributed by atoms with Gasteiger partial charge in [-0.2, -0.15) is 0 Å². The van der Waals surface area contributed by atoms with Gasteiger partial charge in [-0.15, -0.1) is 0 Å². The normalized spacial score (nSPS) is 17.3. The zero-order valence-electron chi connectivity index (χ0n) is 7.64. The highest BCUT2D eigenvalue weighted by molar-refractivity contribution is 5.88. The molecule has 12 heavy (non-hydrogen) atoms. The summed E-state index contributed by atoms with van der Waals surface area (Å²) in [5, 5.41) is 3.24. The number of hydrogen-bond donors (Lipinski definition) is 1. The third-order valence-electron chi connectivity index (χ3n) is 2.23. The van der Waals surface area contributed by atoms with Crippen molar-refractivity contribution in [3.05, 3.63) is 11.1 Å². The van der Waals surface area contributed by atoms with E-state index in [0.717, 1.165) is 31.5 Å². The van der Waals surface area contributed by atoms with Gasteiger partial charge in [-0.3, -0.25) is 0 Å². The summed E-state index contributed by atoms with van der Waals surface area (Å²) in [6, 6.07) is 0. The monoisotopic (exact) mass is 169 g/mol. The zero-order valence-corrected chi connectivity index (χ0v) is 7.64. The molecule has 0 aliphatic carbocycles. The molecular formula is C9H15NO2. The summed E-state index contributed by atoms with van der Waals surface area (Å²) >= 11 is 0. The molecule has 0 aromatic rings. The van der Waals surface area contributed by atoms with Gasteiger partial charge in [-0.05, 0) is 32.9 Å². The van der Waals surface area contributed by atoms with Crippen molar-refractivity contribution in [2.45, 2.75) is 19.8 Å². The average molecular weight is 169 g/mol. The van der Waals surface area contributed by atoms with E-state index >= 15 is 0 Å². The molecule has 0 saturated carbocycles. The summed E-state index contributed by atoms with van der Waals surface area (Å²) in [7, 11) is 1.42. The Labute approximate surface area is 72.8 Å². The van der Waals surface area contributed by atoms with Gasteiger partial charge in [0, 0.05) is 5.57 Å². The molecule has 3 heteroatoms. The number of carbonyl (C=O) groups is 1. The van der Waals surface area contributed by atoms with Gasteiger partial charge in [0.2, 0.25) is 0 Å². The molecule has 1 aliphatic heterocycles. The minimum atomic E-state index is -0.188. The van der Waals surface area contributed by atoms with Crippen molar-refractivity contribution in [3.63, 3.8) is 0 Å². The molecule has 1 saturated heterocycles. The van der Waals surface area contributed by atoms with Crippen molar-refractivity contribution in [2.75, 3.05) is 20.2 Å². The van der Waals surface area contributed by atoms with Gasteiger partial charge in [0.1, 0.15) is 0 Å². The van der Waals surface area contributed by atoms with Crippen LogP contribution in [0.3, 0.4) is 0 Å². The highest BCUT2D eigenvalue weighted by atomic mass is 16.5. The quantitative estimate of drug-likeness (QED) is 0.467. The van der Waals surface area contributed by atoms with Crippen LogP contribution in [-0.2, 0) is 9.53 Å². The van der Waals surface area contributed by atoms with Crippen LogP contribution in [0.25, 0.3) is 0 Å². The maximum absolute atomic E-state index is 11.1. The molecule has 1 rings (SSSR count). The largest absolute Gasteiger partial charge is 0.466 e. The summed E-state index contributed by atoms with van der Waals surface area (Å²) in [4.78, 5) is 11.1. The molecule has 0 aromatic carbocycles. The minimum Gasteiger partial charge on any atom is -0.466 e. The van der Waals surface area contributed by atoms with E-state index in [1.165, 1.54) is 12.7 Å². The van der Waals surface area contributed by atoms with Crippen molar-refractivity contribution < 1.29 is 9.53 Å². The van der Waals surface area contributed by atoms with Gasteiger partial charge in [0.25, 0.3) is 0 Å². The Kier molecular flexibility index (Phi) is 3.29. The first-order valence-electron chi connectivity index (χ1n) is 4.23. The Hall–Kier alpha value is -0.830. The lowest BCUT2D eigenvalue weighted by Gasteiger charge is -2.17. The molecule has 1 heterocycles. The van der Waals surface area contributed by atoms with Crippen LogP contribution in [0, 0.1) is 0 Å². The van der Waals surface area contributed by atoms with Gasteiger partial charge in [-0.1, -0.05) is 5.57 Å². The van der Waals surface area contributed by atoms with Gasteiger partial charge >= 0.3 is 5.97 Å². The van der Waals surface area contributed by atoms with Gasteiger partial charge in [-0.25, -0.2) is 4.79 Å². The maximum atomic E-state index is 11.1. The van der Waals surface area contributed by atoms with E-state index in [2.05, 4.69) is 10.1 Å². The van der Waals surface area contributed by atoms with E-state index < -0.39 is 0 Å². The number of carbonyl (C=O) groups excluding carboxylic acids is 1. The fourth-order valence-electron chi connectivity index (χ4n) is 1.40. The summed E-state index contributed by atoms with van der Waals surface area (Å²) < 4.78 is 4.65. The predicted octanol–water partition coefficient (Wildman–Crippen LogP) is 0.859. The molecule has 0 atom stereocenters. The fraction of sp³-hybridized carbons (Fsp3) is 0.667. The molecule has 0 radical (unpaired) electrons. The number of rotatable bonds is 1. The predicted molar refractivity (Wildman–Crippen MR) is 46.8 cm³/mol. The molecule has 0 spiro atoms. The number of hydrogen-bond acceptors (Lipinski definition) is 3. The highest BCUT2D eigenvalue weighted by Crippen LogP contribution is 2.15. The number of ether oxygens (including phenoxy) is 1. The van der Waals surface area contributed by atoms with Crippen molar-refractivity contribution in [1.82, 2.24) is 5.32 Å². The molecule has 3 nitrogen and oxygen atoms in total. The lowest BCUT2D eigenvalue weighted by molar-refractivity contribution is -0.136. The van der Waals surface area contributed by atoms with Crippen LogP contribution >= 0.6 is 0 Å². The second-order valence-electron chi connectivity index (χ2n) is 2.97. The Morgan fingerprint density at radius 1 is 1.42 bits per heavy atom. The Balaban J connectivity index is 2.66. The summed E-state index contributed by atoms with van der Waals surface area (Å²) in [5.74, 6) is -0.188. The lowest BCUT2D eigenvalue weighted by atomic mass is 10.0. The van der Waals surface area contributed by atoms with E-state index in [0.29, 0.717) is 0 Å². The average Bonchev–Trinajstić information content (AvgIpc) is 2.17. The number of esters is 1. The SMILES string of the molecule is COC(=O)C(C)=C1CCNCC1. The number of piperidine rings is 1. The van der Waals surface area contributed by atoms with Crippen LogP contribution in [0.15, 0.2) is 11.1 Å². The van der Waals surface area contributed by atoms with E-state index in [4.69, 9.17) is 0 Å². The summed E-state index contributed by atoms with van der Waals surface area (Å²) in [6.07, 6.45) is 1.95. The second-order valence-corrected chi connectivity index (χ2v) is 2.97. The van der Waals surface area contributed by atoms with Crippen LogP contribution in [0.5, 0.6) is 0 Å². The highest BCUT2D eigenvalue weighted by Gasteiger charge is 2.12. The number of nitrogens with one attached hydrogen (secondary N) is 1. The van der Waals surface area contributed by atoms with Crippen LogP contribution < -0.4 is 5.32 Å². The molecule has 0 unspecified atom stereocenters. The van der Waals surface area contributed by atoms with Crippen LogP contribution in [0.2, 0.25) is 0 Å².